The van der Waals surface area contributed by atoms with Crippen LogP contribution < -0.4 is 40.6 Å². The number of oxazole rings is 1. The van der Waals surface area contributed by atoms with Crippen LogP contribution in [0.4, 0.5) is 0 Å². The molecule has 0 unspecified atom stereocenters. The molecule has 0 amide bonds. The highest BCUT2D eigenvalue weighted by atomic mass is 32.2. The van der Waals surface area contributed by atoms with Gasteiger partial charge in [-0.3, -0.25) is 17.8 Å². The van der Waals surface area contributed by atoms with Crippen molar-refractivity contribution in [3.63, 3.8) is 0 Å². The number of imidazole rings is 4. The largest absolute Gasteiger partial charge is 0.457 e. The summed E-state index contributed by atoms with van der Waals surface area (Å²) in [5.74, 6) is 2.95. The van der Waals surface area contributed by atoms with Crippen LogP contribution in [0.25, 0.3) is 177 Å². The van der Waals surface area contributed by atoms with Gasteiger partial charge in [-0.1, -0.05) is 315 Å². The van der Waals surface area contributed by atoms with E-state index >= 15 is 0 Å². The third-order valence-corrected chi connectivity index (χ3v) is 43.3. The van der Waals surface area contributed by atoms with Crippen LogP contribution in [0.1, 0.15) is 134 Å². The minimum Gasteiger partial charge on any atom is -0.457 e. The van der Waals surface area contributed by atoms with Gasteiger partial charge in [0.15, 0.2) is 10.5 Å². The fourth-order valence-electron chi connectivity index (χ4n) is 22.6. The molecule has 726 valence electrons. The maximum Gasteiger partial charge on any atom is 0.307 e. The summed E-state index contributed by atoms with van der Waals surface area (Å²) in [5, 5.41) is 6.59. The summed E-state index contributed by atoms with van der Waals surface area (Å²) in [7, 11) is -7.03. The van der Waals surface area contributed by atoms with Gasteiger partial charge in [-0.05, 0) is 353 Å². The fraction of sp³-hybridized carbons (Fsp3) is 0.165. The maximum atomic E-state index is 8.92. The van der Waals surface area contributed by atoms with Gasteiger partial charge in [0.2, 0.25) is 5.78 Å². The molecule has 18 aromatic carbocycles. The number of fused-ring (bicyclic) bond motifs is 21. The van der Waals surface area contributed by atoms with Crippen molar-refractivity contribution in [2.24, 2.45) is 0 Å². The number of benzene rings is 18. The zero-order valence-electron chi connectivity index (χ0n) is 111. The van der Waals surface area contributed by atoms with Gasteiger partial charge in [0, 0.05) is 76.1 Å². The molecule has 0 atom stereocenters. The summed E-state index contributed by atoms with van der Waals surface area (Å²) in [4.78, 5) is 17.7. The summed E-state index contributed by atoms with van der Waals surface area (Å²) in [6.45, 7) is 1.84. The molecule has 3 aliphatic heterocycles. The van der Waals surface area contributed by atoms with Crippen LogP contribution >= 0.6 is 23.1 Å². The van der Waals surface area contributed by atoms with Gasteiger partial charge in [-0.25, -0.2) is 9.97 Å². The second-order valence-electron chi connectivity index (χ2n) is 40.9. The first-order chi connectivity index (χ1) is 82.5. The summed E-state index contributed by atoms with van der Waals surface area (Å²) < 4.78 is 272. The number of aryl methyl sites for hydroxylation is 10. The van der Waals surface area contributed by atoms with Crippen molar-refractivity contribution in [2.45, 2.75) is 157 Å². The standard InChI is InChI=1S/C45H41N3SSi.C44H38N2O2Si.C44H38N2OSSi/c1-28-20-22-30(42-34(45(3,4)5)24-25-41-43(42)49-39-18-12-13-19-40(39)50(41,6)7)26-32(28)33-27-31(23-21-29(33)2)47-37-16-10-11-17-38(37)48-36-15-9-8-14-35(36)46-44(47)48;1-7-29-21-22-36-42(48-44-45-34-12-8-9-13-35(34)46(36)44)41(29)31-20-17-27(3)33(25-31)32-24-30(19-16-26(32)2)40-28(4)18-23-39-43(40)47-37-14-10-11-15-38(37)49(39,5)6;1-7-29-21-22-36-43(48-44-45-34-12-8-9-13-35(34)46(36)44)41(29)31-20-17-27(3)33(25-31)32-24-30(19-16-26(32)2)40-28(4)18-23-39-42(40)47-37-14-10-11-15-38(37)49(39,5)6/h8-27H,1-7H3;2*8-25H,7H2,1-6H3/i1D3,2D3;2*2D3,3D3,4D3,7D2. The lowest BCUT2D eigenvalue weighted by Crippen LogP contribution is -2.56. The van der Waals surface area contributed by atoms with E-state index in [-0.39, 0.29) is 94.7 Å². The van der Waals surface area contributed by atoms with Crippen molar-refractivity contribution >= 4 is 160 Å². The Morgan fingerprint density at radius 2 is 0.736 bits per heavy atom. The van der Waals surface area contributed by atoms with E-state index in [1.165, 1.54) is 69.6 Å². The summed E-state index contributed by atoms with van der Waals surface area (Å²) in [6.07, 6.45) is -3.74. The third kappa shape index (κ3) is 15.0. The lowest BCUT2D eigenvalue weighted by Gasteiger charge is -2.36. The van der Waals surface area contributed by atoms with Gasteiger partial charge in [0.05, 0.1) is 59.9 Å². The molecular formula is C133H117N7O3S2Si3. The molecule has 9 heterocycles. The van der Waals surface area contributed by atoms with Crippen LogP contribution in [0.3, 0.4) is 0 Å². The smallest absolute Gasteiger partial charge is 0.307 e. The SMILES string of the molecule is [2H]C([2H])([2H])c1ccc(-c2c(C(C)(C)C)ccc3c2Sc2ccccc2[Si]3(C)C)cc1-c1cc(-n2c3ccccc3n3c4ccccc4nc23)ccc1C([2H])([2H])[2H].[2H]C([2H])([2H])c1ccc(-c2c(C([2H])([2H])[2H])ccc3c2Oc2ccccc2[Si]3(C)C)cc1-c1cc(-c2c(C([2H])([2H])C)ccc3c2oc2nc4ccccc4n23)ccc1C([2H])([2H])[2H].[2H]C([2H])([2H])c1ccc(-c2c(C([2H])([2H])[2H])ccc3c2Oc2ccccc2[Si]3(C)C)cc1-c1cc(-c2c(C([2H])([2H])C)ccc3c2sc2nc4ccccc4n23)ccc1C([2H])([2H])[2H]. The number of aromatic nitrogens is 7. The van der Waals surface area contributed by atoms with Gasteiger partial charge in [-0.15, -0.1) is 0 Å². The number of para-hydroxylation sites is 10. The van der Waals surface area contributed by atoms with E-state index in [0.29, 0.717) is 106 Å². The molecule has 0 spiro atoms. The number of hydrogen-bond acceptors (Lipinski definition) is 8. The molecule has 27 rings (SSSR count). The van der Waals surface area contributed by atoms with E-state index in [0.717, 1.165) is 86.3 Å². The maximum absolute atomic E-state index is 8.92. The van der Waals surface area contributed by atoms with E-state index in [1.54, 1.807) is 103 Å². The third-order valence-electron chi connectivity index (χ3n) is 30.1. The van der Waals surface area contributed by atoms with E-state index < -0.39 is 91.8 Å². The molecule has 0 fully saturated rings. The Hall–Kier alpha value is -15.2. The van der Waals surface area contributed by atoms with Crippen molar-refractivity contribution in [1.29, 1.82) is 0 Å². The second kappa shape index (κ2) is 35.6. The van der Waals surface area contributed by atoms with Crippen molar-refractivity contribution in [3.05, 3.63) is 401 Å². The van der Waals surface area contributed by atoms with Crippen molar-refractivity contribution in [3.8, 4) is 118 Å². The molecular weight excluding hydrogens is 1890 g/mol. The first-order valence-electron chi connectivity index (χ1n) is 63.3. The molecule has 0 N–H and O–H groups in total. The molecule has 0 saturated carbocycles. The van der Waals surface area contributed by atoms with Gasteiger partial charge >= 0.3 is 5.84 Å². The molecule has 10 nitrogen and oxygen atoms in total. The van der Waals surface area contributed by atoms with E-state index in [1.807, 2.05) is 195 Å². The van der Waals surface area contributed by atoms with Crippen LogP contribution in [0.5, 0.6) is 23.0 Å². The first-order valence-corrected chi connectivity index (χ1v) is 60.0. The van der Waals surface area contributed by atoms with E-state index in [2.05, 4.69) is 112 Å². The molecule has 0 aliphatic carbocycles. The Balaban J connectivity index is 0.000000131. The average molecular weight is 2040 g/mol. The summed E-state index contributed by atoms with van der Waals surface area (Å²) >= 11 is 3.17. The fourth-order valence-corrected chi connectivity index (χ4v) is 35.0. The van der Waals surface area contributed by atoms with Gasteiger partial charge < -0.3 is 13.9 Å². The summed E-state index contributed by atoms with van der Waals surface area (Å²) in [5.41, 5.74) is 16.4. The van der Waals surface area contributed by atoms with Crippen LogP contribution in [0.15, 0.2) is 354 Å². The average Bonchev–Trinajstić information content (AvgIpc) is 0.863. The van der Waals surface area contributed by atoms with Gasteiger partial charge in [0.1, 0.15) is 47.2 Å². The van der Waals surface area contributed by atoms with Crippen LogP contribution in [0, 0.1) is 54.8 Å². The minimum atomic E-state index is -2.73. The number of thiazole rings is 1. The van der Waals surface area contributed by atoms with Crippen molar-refractivity contribution in [2.75, 3.05) is 0 Å². The normalized spacial score (nSPS) is 17.3. The monoisotopic (exact) mass is 2040 g/mol. The van der Waals surface area contributed by atoms with E-state index in [4.69, 9.17) is 62.2 Å². The Labute approximate surface area is 915 Å². The number of hydrogen-bond donors (Lipinski definition) is 0. The Kier molecular flexibility index (Phi) is 16.2. The quantitative estimate of drug-likeness (QED) is 0.119. The van der Waals surface area contributed by atoms with Gasteiger partial charge in [0.25, 0.3) is 0 Å². The predicted octanol–water partition coefficient (Wildman–Crippen LogP) is 32.7. The molecule has 0 bridgehead atoms. The highest BCUT2D eigenvalue weighted by Gasteiger charge is 2.42. The highest BCUT2D eigenvalue weighted by Crippen LogP contribution is 2.51. The Morgan fingerprint density at radius 3 is 1.26 bits per heavy atom. The molecule has 148 heavy (non-hydrogen) atoms. The zero-order chi connectivity index (χ0) is 125. The molecule has 0 saturated heterocycles. The van der Waals surface area contributed by atoms with E-state index in [9.17, 15) is 0 Å². The Morgan fingerprint density at radius 1 is 0.331 bits per heavy atom. The lowest BCUT2D eigenvalue weighted by molar-refractivity contribution is 0.488. The molecule has 0 radical (unpaired) electrons. The predicted molar refractivity (Wildman–Crippen MR) is 633 cm³/mol. The second-order valence-corrected chi connectivity index (χ2v) is 55.9. The lowest BCUT2D eigenvalue weighted by atomic mass is 9.81. The number of ether oxygens (including phenoxy) is 2. The highest BCUT2D eigenvalue weighted by molar-refractivity contribution is 8.00. The topological polar surface area (TPSA) is 88.4 Å². The minimum absolute atomic E-state index is 0.000312. The molecule has 24 aromatic rings. The Bertz CT molecular complexity index is 10500. The van der Waals surface area contributed by atoms with Gasteiger partial charge in [-0.2, -0.15) is 4.98 Å². The van der Waals surface area contributed by atoms with Crippen molar-refractivity contribution in [1.82, 2.24) is 32.7 Å². The van der Waals surface area contributed by atoms with Crippen LogP contribution in [0.2, 0.25) is 39.3 Å². The number of nitrogens with zero attached hydrogens (tertiary/aromatic N) is 7. The zero-order valence-corrected chi connectivity index (χ0v) is 87.6. The van der Waals surface area contributed by atoms with Crippen molar-refractivity contribution < 1.29 is 52.3 Å². The molecule has 15 heteroatoms. The van der Waals surface area contributed by atoms with Crippen LogP contribution in [-0.4, -0.2) is 56.9 Å². The first kappa shape index (κ1) is 67.5. The molecule has 3 aliphatic rings. The van der Waals surface area contributed by atoms with Crippen LogP contribution in [-0.2, 0) is 18.2 Å². The number of rotatable bonds is 11. The molecule has 6 aromatic heterocycles. The summed E-state index contributed by atoms with van der Waals surface area (Å²) in [6, 6.07) is 103.